The molecule has 0 bridgehead atoms. The number of halogens is 1. The molecule has 0 N–H and O–H groups in total. The highest BCUT2D eigenvalue weighted by atomic mass is 79.9. The van der Waals surface area contributed by atoms with E-state index in [9.17, 15) is 0 Å². The fourth-order valence-electron chi connectivity index (χ4n) is 5.57. The Bertz CT molecular complexity index is 1690. The summed E-state index contributed by atoms with van der Waals surface area (Å²) in [7, 11) is 0. The number of fused-ring (bicyclic) bond motifs is 4. The fourth-order valence-corrected chi connectivity index (χ4v) is 5.93. The van der Waals surface area contributed by atoms with Crippen LogP contribution in [-0.2, 0) is 0 Å². The summed E-state index contributed by atoms with van der Waals surface area (Å²) in [4.78, 5) is 0. The zero-order valence-electron chi connectivity index (χ0n) is 21.8. The van der Waals surface area contributed by atoms with E-state index in [1.165, 1.54) is 66.1 Å². The molecule has 0 radical (unpaired) electrons. The summed E-state index contributed by atoms with van der Waals surface area (Å²) in [5, 5.41) is 5.22. The predicted molar refractivity (Wildman–Crippen MR) is 167 cm³/mol. The lowest BCUT2D eigenvalue weighted by Crippen LogP contribution is -1.93. The van der Waals surface area contributed by atoms with Crippen LogP contribution in [0.25, 0.3) is 66.1 Å². The summed E-state index contributed by atoms with van der Waals surface area (Å²) in [6.07, 6.45) is 0. The first-order valence-corrected chi connectivity index (χ1v) is 14.0. The molecule has 6 aromatic carbocycles. The molecule has 0 heterocycles. The minimum Gasteiger partial charge on any atom is -0.0683 e. The van der Waals surface area contributed by atoms with Crippen molar-refractivity contribution >= 4 is 37.5 Å². The van der Waals surface area contributed by atoms with Gasteiger partial charge < -0.3 is 0 Å². The molecule has 182 valence electrons. The summed E-state index contributed by atoms with van der Waals surface area (Å²) >= 11 is 3.76. The molecule has 0 saturated heterocycles. The SMILES string of the molecule is Brc1ccc2c(-c3ccccc3)c3c(c(-c4ccccc4)c2c1)-c1cccc2cccc-3c12.CC.CC. The van der Waals surface area contributed by atoms with Crippen molar-refractivity contribution in [1.29, 1.82) is 0 Å². The lowest BCUT2D eigenvalue weighted by molar-refractivity contribution is 1.50. The van der Waals surface area contributed by atoms with E-state index in [0.29, 0.717) is 0 Å². The normalized spacial score (nSPS) is 10.8. The van der Waals surface area contributed by atoms with Crippen LogP contribution < -0.4 is 0 Å². The molecule has 7 rings (SSSR count). The second-order valence-electron chi connectivity index (χ2n) is 8.63. The van der Waals surface area contributed by atoms with E-state index in [0.717, 1.165) is 4.47 Å². The third-order valence-corrected chi connectivity index (χ3v) is 7.33. The van der Waals surface area contributed by atoms with E-state index >= 15 is 0 Å². The Morgan fingerprint density at radius 1 is 0.432 bits per heavy atom. The summed E-state index contributed by atoms with van der Waals surface area (Å²) in [6, 6.07) is 41.9. The Kier molecular flexibility index (Phi) is 7.26. The molecular weight excluding hydrogens is 512 g/mol. The lowest BCUT2D eigenvalue weighted by atomic mass is 9.82. The number of hydrogen-bond acceptors (Lipinski definition) is 0. The van der Waals surface area contributed by atoms with Gasteiger partial charge in [0.05, 0.1) is 0 Å². The van der Waals surface area contributed by atoms with Gasteiger partial charge in [0.15, 0.2) is 0 Å². The molecule has 1 heteroatoms. The maximum absolute atomic E-state index is 3.76. The maximum atomic E-state index is 3.76. The van der Waals surface area contributed by atoms with Gasteiger partial charge in [-0.25, -0.2) is 0 Å². The van der Waals surface area contributed by atoms with Crippen molar-refractivity contribution in [2.75, 3.05) is 0 Å². The van der Waals surface area contributed by atoms with Crippen LogP contribution >= 0.6 is 15.9 Å². The van der Waals surface area contributed by atoms with Crippen LogP contribution in [0, 0.1) is 0 Å². The lowest BCUT2D eigenvalue weighted by Gasteiger charge is -2.20. The van der Waals surface area contributed by atoms with Crippen molar-refractivity contribution < 1.29 is 0 Å². The Balaban J connectivity index is 0.000000670. The molecule has 0 spiro atoms. The van der Waals surface area contributed by atoms with E-state index in [1.807, 2.05) is 27.7 Å². The molecule has 0 nitrogen and oxygen atoms in total. The molecule has 1 aliphatic carbocycles. The molecule has 0 unspecified atom stereocenters. The van der Waals surface area contributed by atoms with Crippen molar-refractivity contribution in [3.63, 3.8) is 0 Å². The van der Waals surface area contributed by atoms with Crippen LogP contribution in [0.3, 0.4) is 0 Å². The van der Waals surface area contributed by atoms with Crippen molar-refractivity contribution in [3.05, 3.63) is 120 Å². The highest BCUT2D eigenvalue weighted by Crippen LogP contribution is 2.57. The summed E-state index contributed by atoms with van der Waals surface area (Å²) in [6.45, 7) is 8.00. The molecule has 0 fully saturated rings. The molecule has 0 aliphatic heterocycles. The Morgan fingerprint density at radius 3 is 1.43 bits per heavy atom. The average molecular weight is 544 g/mol. The highest BCUT2D eigenvalue weighted by Gasteiger charge is 2.30. The van der Waals surface area contributed by atoms with Gasteiger partial charge in [-0.1, -0.05) is 147 Å². The van der Waals surface area contributed by atoms with Crippen LogP contribution in [0.1, 0.15) is 27.7 Å². The van der Waals surface area contributed by atoms with E-state index < -0.39 is 0 Å². The molecular formula is C36H31Br. The van der Waals surface area contributed by atoms with Gasteiger partial charge in [-0.2, -0.15) is 0 Å². The minimum absolute atomic E-state index is 1.10. The van der Waals surface area contributed by atoms with Gasteiger partial charge in [0.2, 0.25) is 0 Å². The Morgan fingerprint density at radius 2 is 0.919 bits per heavy atom. The second-order valence-corrected chi connectivity index (χ2v) is 9.55. The van der Waals surface area contributed by atoms with E-state index in [2.05, 4.69) is 131 Å². The van der Waals surface area contributed by atoms with Crippen LogP contribution in [0.2, 0.25) is 0 Å². The Hall–Kier alpha value is -3.68. The maximum Gasteiger partial charge on any atom is 0.0181 e. The number of hydrogen-bond donors (Lipinski definition) is 0. The third kappa shape index (κ3) is 4.08. The van der Waals surface area contributed by atoms with Gasteiger partial charge in [0, 0.05) is 4.47 Å². The molecule has 0 saturated carbocycles. The summed E-state index contributed by atoms with van der Waals surface area (Å²) in [5.74, 6) is 0. The molecule has 0 aromatic heterocycles. The van der Waals surface area contributed by atoms with Crippen molar-refractivity contribution in [2.24, 2.45) is 0 Å². The van der Waals surface area contributed by atoms with Crippen LogP contribution in [0.5, 0.6) is 0 Å². The second kappa shape index (κ2) is 10.7. The van der Waals surface area contributed by atoms with Gasteiger partial charge in [-0.05, 0) is 78.2 Å². The minimum atomic E-state index is 1.10. The van der Waals surface area contributed by atoms with Gasteiger partial charge in [-0.15, -0.1) is 0 Å². The topological polar surface area (TPSA) is 0 Å². The number of benzene rings is 6. The largest absolute Gasteiger partial charge is 0.0683 e. The standard InChI is InChI=1S/C32H19Br.2C2H6/c33-23-17-18-24-27(19-23)30(22-11-5-2-6-12-22)32-26-16-8-14-20-13-7-15-25(28(20)26)31(32)29(24)21-9-3-1-4-10-21;2*1-2/h1-19H;2*1-2H3. The van der Waals surface area contributed by atoms with Crippen molar-refractivity contribution in [3.8, 4) is 44.5 Å². The monoisotopic (exact) mass is 542 g/mol. The van der Waals surface area contributed by atoms with Crippen LogP contribution in [-0.4, -0.2) is 0 Å². The average Bonchev–Trinajstić information content (AvgIpc) is 3.30. The van der Waals surface area contributed by atoms with Crippen LogP contribution in [0.4, 0.5) is 0 Å². The van der Waals surface area contributed by atoms with Gasteiger partial charge in [0.1, 0.15) is 0 Å². The van der Waals surface area contributed by atoms with Crippen LogP contribution in [0.15, 0.2) is 120 Å². The fraction of sp³-hybridized carbons (Fsp3) is 0.111. The molecule has 37 heavy (non-hydrogen) atoms. The smallest absolute Gasteiger partial charge is 0.0181 e. The predicted octanol–water partition coefficient (Wildman–Crippen LogP) is 11.8. The zero-order valence-corrected chi connectivity index (χ0v) is 23.4. The van der Waals surface area contributed by atoms with Gasteiger partial charge in [-0.3, -0.25) is 0 Å². The first kappa shape index (κ1) is 25.0. The quantitative estimate of drug-likeness (QED) is 0.203. The van der Waals surface area contributed by atoms with Crippen molar-refractivity contribution in [2.45, 2.75) is 27.7 Å². The van der Waals surface area contributed by atoms with E-state index in [-0.39, 0.29) is 0 Å². The summed E-state index contributed by atoms with van der Waals surface area (Å²) < 4.78 is 1.10. The Labute approximate surface area is 228 Å². The van der Waals surface area contributed by atoms with E-state index in [1.54, 1.807) is 0 Å². The molecule has 6 aromatic rings. The first-order valence-electron chi connectivity index (χ1n) is 13.2. The highest BCUT2D eigenvalue weighted by molar-refractivity contribution is 9.10. The van der Waals surface area contributed by atoms with Gasteiger partial charge >= 0.3 is 0 Å². The third-order valence-electron chi connectivity index (χ3n) is 6.84. The molecule has 0 amide bonds. The molecule has 1 aliphatic rings. The zero-order chi connectivity index (χ0) is 25.9. The summed E-state index contributed by atoms with van der Waals surface area (Å²) in [5.41, 5.74) is 10.5. The number of rotatable bonds is 2. The molecule has 0 atom stereocenters. The van der Waals surface area contributed by atoms with E-state index in [4.69, 9.17) is 0 Å². The first-order chi connectivity index (χ1) is 18.3. The van der Waals surface area contributed by atoms with Crippen molar-refractivity contribution in [1.82, 2.24) is 0 Å². The van der Waals surface area contributed by atoms with Gasteiger partial charge in [0.25, 0.3) is 0 Å².